The van der Waals surface area contributed by atoms with Crippen molar-refractivity contribution in [2.45, 2.75) is 6.92 Å². The minimum Gasteiger partial charge on any atom is -0.493 e. The Hall–Kier alpha value is -2.89. The number of carbonyl (C=O) groups excluding carboxylic acids is 1. The second-order valence-electron chi connectivity index (χ2n) is 4.18. The van der Waals surface area contributed by atoms with Crippen molar-refractivity contribution in [3.05, 3.63) is 47.8 Å². The highest BCUT2D eigenvalue weighted by Gasteiger charge is 2.17. The third-order valence-electron chi connectivity index (χ3n) is 2.75. The van der Waals surface area contributed by atoms with Gasteiger partial charge >= 0.3 is 5.97 Å². The minimum atomic E-state index is -1.13. The summed E-state index contributed by atoms with van der Waals surface area (Å²) in [5, 5.41) is 9.18. The molecule has 0 saturated carbocycles. The topological polar surface area (TPSA) is 85.7 Å². The average molecular weight is 287 g/mol. The van der Waals surface area contributed by atoms with Gasteiger partial charge in [-0.3, -0.25) is 4.79 Å². The first-order valence-electron chi connectivity index (χ1n) is 6.08. The van der Waals surface area contributed by atoms with Crippen molar-refractivity contribution in [3.8, 4) is 17.2 Å². The Bertz CT molecular complexity index is 679. The average Bonchev–Trinajstić information content (AvgIpc) is 2.47. The standard InChI is InChI=1S/C15H13NO5/c1-9(17)12-7-6-10(8-16-12)21-14-11(15(18)19)4-3-5-13(14)20-2/h3-8H,1-2H3,(H,18,19). The van der Waals surface area contributed by atoms with E-state index in [1.165, 1.54) is 32.4 Å². The number of hydrogen-bond acceptors (Lipinski definition) is 5. The molecule has 0 aliphatic carbocycles. The number of carbonyl (C=O) groups is 2. The van der Waals surface area contributed by atoms with Gasteiger partial charge in [-0.05, 0) is 24.3 Å². The Morgan fingerprint density at radius 1 is 1.19 bits per heavy atom. The van der Waals surface area contributed by atoms with Crippen LogP contribution in [0.5, 0.6) is 17.2 Å². The van der Waals surface area contributed by atoms with Crippen LogP contribution in [-0.2, 0) is 0 Å². The molecule has 0 aliphatic heterocycles. The number of ketones is 1. The highest BCUT2D eigenvalue weighted by molar-refractivity contribution is 5.92. The van der Waals surface area contributed by atoms with Crippen LogP contribution in [0.3, 0.4) is 0 Å². The number of rotatable bonds is 5. The molecule has 0 aliphatic rings. The summed E-state index contributed by atoms with van der Waals surface area (Å²) in [4.78, 5) is 26.3. The van der Waals surface area contributed by atoms with Gasteiger partial charge in [0.2, 0.25) is 0 Å². The van der Waals surface area contributed by atoms with E-state index in [2.05, 4.69) is 4.98 Å². The third-order valence-corrected chi connectivity index (χ3v) is 2.75. The van der Waals surface area contributed by atoms with Crippen molar-refractivity contribution in [1.82, 2.24) is 4.98 Å². The van der Waals surface area contributed by atoms with Crippen LogP contribution in [0.4, 0.5) is 0 Å². The van der Waals surface area contributed by atoms with E-state index in [4.69, 9.17) is 9.47 Å². The van der Waals surface area contributed by atoms with Crippen molar-refractivity contribution in [2.24, 2.45) is 0 Å². The molecule has 1 N–H and O–H groups in total. The first kappa shape index (κ1) is 14.5. The van der Waals surface area contributed by atoms with Crippen molar-refractivity contribution in [2.75, 3.05) is 7.11 Å². The second kappa shape index (κ2) is 6.04. The molecule has 0 unspecified atom stereocenters. The van der Waals surface area contributed by atoms with Crippen LogP contribution < -0.4 is 9.47 Å². The number of hydrogen-bond donors (Lipinski definition) is 1. The van der Waals surface area contributed by atoms with Gasteiger partial charge in [0.25, 0.3) is 0 Å². The lowest BCUT2D eigenvalue weighted by Gasteiger charge is -2.12. The highest BCUT2D eigenvalue weighted by Crippen LogP contribution is 2.34. The molecule has 0 radical (unpaired) electrons. The van der Waals surface area contributed by atoms with E-state index >= 15 is 0 Å². The number of nitrogens with zero attached hydrogens (tertiary/aromatic N) is 1. The van der Waals surface area contributed by atoms with E-state index in [0.717, 1.165) is 0 Å². The number of aromatic nitrogens is 1. The summed E-state index contributed by atoms with van der Waals surface area (Å²) in [6.07, 6.45) is 1.36. The van der Waals surface area contributed by atoms with Crippen LogP contribution in [0.15, 0.2) is 36.5 Å². The van der Waals surface area contributed by atoms with Crippen molar-refractivity contribution in [1.29, 1.82) is 0 Å². The normalized spacial score (nSPS) is 10.0. The number of para-hydroxylation sites is 1. The first-order valence-corrected chi connectivity index (χ1v) is 6.08. The van der Waals surface area contributed by atoms with Crippen LogP contribution in [0.2, 0.25) is 0 Å². The molecule has 0 bridgehead atoms. The largest absolute Gasteiger partial charge is 0.493 e. The zero-order valence-corrected chi connectivity index (χ0v) is 11.5. The Morgan fingerprint density at radius 2 is 1.95 bits per heavy atom. The molecule has 0 fully saturated rings. The molecular formula is C15H13NO5. The highest BCUT2D eigenvalue weighted by atomic mass is 16.5. The predicted molar refractivity (Wildman–Crippen MR) is 74.3 cm³/mol. The molecule has 6 heteroatoms. The Labute approximate surface area is 121 Å². The van der Waals surface area contributed by atoms with Gasteiger partial charge in [-0.25, -0.2) is 9.78 Å². The molecule has 1 aromatic heterocycles. The van der Waals surface area contributed by atoms with Crippen LogP contribution in [0.25, 0.3) is 0 Å². The lowest BCUT2D eigenvalue weighted by atomic mass is 10.2. The first-order chi connectivity index (χ1) is 10.0. The van der Waals surface area contributed by atoms with Gasteiger partial charge in [0.05, 0.1) is 13.3 Å². The molecular weight excluding hydrogens is 274 g/mol. The number of pyridine rings is 1. The van der Waals surface area contributed by atoms with Crippen LogP contribution in [-0.4, -0.2) is 29.0 Å². The maximum Gasteiger partial charge on any atom is 0.339 e. The molecule has 6 nitrogen and oxygen atoms in total. The Balaban J connectivity index is 2.38. The number of carboxylic acids is 1. The maximum atomic E-state index is 11.2. The zero-order chi connectivity index (χ0) is 15.4. The third kappa shape index (κ3) is 3.17. The molecule has 0 spiro atoms. The number of benzene rings is 1. The number of ether oxygens (including phenoxy) is 2. The number of aromatic carboxylic acids is 1. The van der Waals surface area contributed by atoms with Gasteiger partial charge in [-0.15, -0.1) is 0 Å². The quantitative estimate of drug-likeness (QED) is 0.851. The number of Topliss-reactive ketones (excluding diaryl/α,β-unsaturated/α-hetero) is 1. The van der Waals surface area contributed by atoms with Gasteiger partial charge in [0.1, 0.15) is 17.0 Å². The summed E-state index contributed by atoms with van der Waals surface area (Å²) in [5.74, 6) is -0.593. The molecule has 0 amide bonds. The Morgan fingerprint density at radius 3 is 2.48 bits per heavy atom. The SMILES string of the molecule is COc1cccc(C(=O)O)c1Oc1ccc(C(C)=O)nc1. The molecule has 1 heterocycles. The van der Waals surface area contributed by atoms with Gasteiger partial charge in [-0.1, -0.05) is 6.07 Å². The van der Waals surface area contributed by atoms with Gasteiger partial charge in [0.15, 0.2) is 17.3 Å². The van der Waals surface area contributed by atoms with E-state index in [0.29, 0.717) is 17.2 Å². The van der Waals surface area contributed by atoms with Crippen LogP contribution in [0, 0.1) is 0 Å². The summed E-state index contributed by atoms with van der Waals surface area (Å²) in [6, 6.07) is 7.62. The molecule has 108 valence electrons. The molecule has 0 saturated heterocycles. The fourth-order valence-electron chi connectivity index (χ4n) is 1.72. The minimum absolute atomic E-state index is 0.0232. The van der Waals surface area contributed by atoms with E-state index < -0.39 is 5.97 Å². The summed E-state index contributed by atoms with van der Waals surface area (Å²) in [7, 11) is 1.42. The summed E-state index contributed by atoms with van der Waals surface area (Å²) < 4.78 is 10.7. The molecule has 2 rings (SSSR count). The van der Waals surface area contributed by atoms with Crippen molar-refractivity contribution >= 4 is 11.8 Å². The summed E-state index contributed by atoms with van der Waals surface area (Å²) >= 11 is 0. The monoisotopic (exact) mass is 287 g/mol. The molecule has 0 atom stereocenters. The lowest BCUT2D eigenvalue weighted by molar-refractivity contribution is 0.0693. The van der Waals surface area contributed by atoms with Crippen LogP contribution in [0.1, 0.15) is 27.8 Å². The smallest absolute Gasteiger partial charge is 0.339 e. The molecule has 1 aromatic carbocycles. The van der Waals surface area contributed by atoms with Crippen molar-refractivity contribution in [3.63, 3.8) is 0 Å². The van der Waals surface area contributed by atoms with Gasteiger partial charge in [0, 0.05) is 6.92 Å². The fraction of sp³-hybridized carbons (Fsp3) is 0.133. The lowest BCUT2D eigenvalue weighted by Crippen LogP contribution is -2.02. The maximum absolute atomic E-state index is 11.2. The van der Waals surface area contributed by atoms with E-state index in [1.807, 2.05) is 0 Å². The summed E-state index contributed by atoms with van der Waals surface area (Å²) in [6.45, 7) is 1.41. The number of methoxy groups -OCH3 is 1. The van der Waals surface area contributed by atoms with Crippen molar-refractivity contribution < 1.29 is 24.2 Å². The van der Waals surface area contributed by atoms with Gasteiger partial charge < -0.3 is 14.6 Å². The number of carboxylic acid groups (broad SMARTS) is 1. The van der Waals surface area contributed by atoms with E-state index in [9.17, 15) is 14.7 Å². The predicted octanol–water partition coefficient (Wildman–Crippen LogP) is 2.78. The molecule has 21 heavy (non-hydrogen) atoms. The Kier molecular flexibility index (Phi) is 4.18. The molecule has 2 aromatic rings. The van der Waals surface area contributed by atoms with E-state index in [1.54, 1.807) is 18.2 Å². The van der Waals surface area contributed by atoms with Crippen LogP contribution >= 0.6 is 0 Å². The van der Waals surface area contributed by atoms with E-state index in [-0.39, 0.29) is 17.1 Å². The fourth-order valence-corrected chi connectivity index (χ4v) is 1.72. The second-order valence-corrected chi connectivity index (χ2v) is 4.18. The van der Waals surface area contributed by atoms with Gasteiger partial charge in [-0.2, -0.15) is 0 Å². The zero-order valence-electron chi connectivity index (χ0n) is 11.5. The summed E-state index contributed by atoms with van der Waals surface area (Å²) in [5.41, 5.74) is 0.283.